The monoisotopic (exact) mass is 240 g/mol. The summed E-state index contributed by atoms with van der Waals surface area (Å²) in [5.41, 5.74) is 0. The lowest BCUT2D eigenvalue weighted by Crippen LogP contribution is -2.53. The van der Waals surface area contributed by atoms with E-state index in [1.54, 1.807) is 0 Å². The summed E-state index contributed by atoms with van der Waals surface area (Å²) >= 11 is 0. The van der Waals surface area contributed by atoms with Crippen LogP contribution >= 0.6 is 0 Å². The molecule has 1 rings (SSSR count). The van der Waals surface area contributed by atoms with Gasteiger partial charge in [-0.25, -0.2) is 0 Å². The van der Waals surface area contributed by atoms with E-state index in [0.29, 0.717) is 0 Å². The van der Waals surface area contributed by atoms with Gasteiger partial charge in [0.05, 0.1) is 26.2 Å². The fourth-order valence-electron chi connectivity index (χ4n) is 3.17. The lowest BCUT2D eigenvalue weighted by molar-refractivity contribution is -0.932. The molecule has 0 amide bonds. The van der Waals surface area contributed by atoms with Gasteiger partial charge in [-0.05, 0) is 38.5 Å². The third-order valence-electron chi connectivity index (χ3n) is 4.85. The summed E-state index contributed by atoms with van der Waals surface area (Å²) in [5.74, 6) is 0.984. The normalized spacial score (nSPS) is 29.5. The Morgan fingerprint density at radius 1 is 0.882 bits per heavy atom. The van der Waals surface area contributed by atoms with Crippen molar-refractivity contribution in [2.24, 2.45) is 5.92 Å². The molecule has 1 fully saturated rings. The van der Waals surface area contributed by atoms with E-state index in [4.69, 9.17) is 0 Å². The first kappa shape index (κ1) is 15.0. The number of rotatable bonds is 8. The summed E-state index contributed by atoms with van der Waals surface area (Å²) in [6, 6.07) is 0. The zero-order valence-corrected chi connectivity index (χ0v) is 12.5. The van der Waals surface area contributed by atoms with Crippen LogP contribution in [0.1, 0.15) is 72.1 Å². The minimum absolute atomic E-state index is 0.984. The summed E-state index contributed by atoms with van der Waals surface area (Å²) in [5, 5.41) is 0. The first-order valence-electron chi connectivity index (χ1n) is 8.07. The first-order chi connectivity index (χ1) is 8.22. The van der Waals surface area contributed by atoms with E-state index in [2.05, 4.69) is 20.8 Å². The number of likely N-dealkylation sites (tertiary alicyclic amines) is 1. The van der Waals surface area contributed by atoms with E-state index >= 15 is 0 Å². The Hall–Kier alpha value is -0.0400. The van der Waals surface area contributed by atoms with Crippen LogP contribution in [-0.4, -0.2) is 30.7 Å². The van der Waals surface area contributed by atoms with Crippen molar-refractivity contribution in [2.75, 3.05) is 26.2 Å². The van der Waals surface area contributed by atoms with Crippen molar-refractivity contribution in [3.05, 3.63) is 0 Å². The van der Waals surface area contributed by atoms with Gasteiger partial charge in [-0.3, -0.25) is 0 Å². The Balaban J connectivity index is 2.14. The number of hydrogen-bond donors (Lipinski definition) is 0. The molecule has 0 N–H and O–H groups in total. The van der Waals surface area contributed by atoms with Crippen molar-refractivity contribution in [1.82, 2.24) is 0 Å². The van der Waals surface area contributed by atoms with Crippen LogP contribution in [0.5, 0.6) is 0 Å². The lowest BCUT2D eigenvalue weighted by Gasteiger charge is -2.42. The molecular formula is C16H34N+. The van der Waals surface area contributed by atoms with E-state index in [-0.39, 0.29) is 0 Å². The second kappa shape index (κ2) is 8.13. The summed E-state index contributed by atoms with van der Waals surface area (Å²) in [7, 11) is 0. The summed E-state index contributed by atoms with van der Waals surface area (Å²) in [6.45, 7) is 12.8. The van der Waals surface area contributed by atoms with Gasteiger partial charge >= 0.3 is 0 Å². The van der Waals surface area contributed by atoms with Gasteiger partial charge in [0.25, 0.3) is 0 Å². The van der Waals surface area contributed by atoms with Crippen molar-refractivity contribution >= 4 is 0 Å². The zero-order chi connectivity index (χ0) is 12.6. The maximum atomic E-state index is 2.42. The minimum Gasteiger partial charge on any atom is -0.324 e. The van der Waals surface area contributed by atoms with Crippen molar-refractivity contribution in [1.29, 1.82) is 0 Å². The highest BCUT2D eigenvalue weighted by molar-refractivity contribution is 4.60. The number of unbranched alkanes of at least 4 members (excludes halogenated alkanes) is 5. The Morgan fingerprint density at radius 3 is 2.06 bits per heavy atom. The fourth-order valence-corrected chi connectivity index (χ4v) is 3.17. The van der Waals surface area contributed by atoms with Gasteiger partial charge in [0, 0.05) is 0 Å². The highest BCUT2D eigenvalue weighted by atomic mass is 15.3. The molecule has 1 aliphatic rings. The Bertz CT molecular complexity index is 180. The molecule has 1 heteroatoms. The Kier molecular flexibility index (Phi) is 7.18. The molecule has 0 aliphatic carbocycles. The van der Waals surface area contributed by atoms with Crippen LogP contribution in [0.4, 0.5) is 0 Å². The van der Waals surface area contributed by atoms with Gasteiger partial charge in [0.1, 0.15) is 0 Å². The topological polar surface area (TPSA) is 0 Å². The van der Waals surface area contributed by atoms with Gasteiger partial charge in [-0.15, -0.1) is 0 Å². The van der Waals surface area contributed by atoms with Crippen LogP contribution in [0.2, 0.25) is 0 Å². The molecule has 17 heavy (non-hydrogen) atoms. The van der Waals surface area contributed by atoms with Gasteiger partial charge in [0.2, 0.25) is 0 Å². The lowest BCUT2D eigenvalue weighted by atomic mass is 9.96. The Labute approximate surface area is 109 Å². The van der Waals surface area contributed by atoms with Crippen molar-refractivity contribution in [3.8, 4) is 0 Å². The van der Waals surface area contributed by atoms with Gasteiger partial charge < -0.3 is 4.48 Å². The van der Waals surface area contributed by atoms with Crippen LogP contribution in [0.25, 0.3) is 0 Å². The molecule has 1 heterocycles. The van der Waals surface area contributed by atoms with Crippen LogP contribution in [0.15, 0.2) is 0 Å². The maximum absolute atomic E-state index is 2.42. The fraction of sp³-hybridized carbons (Fsp3) is 1.00. The molecule has 0 aromatic carbocycles. The predicted octanol–water partition coefficient (Wildman–Crippen LogP) is 4.61. The second-order valence-electron chi connectivity index (χ2n) is 6.28. The predicted molar refractivity (Wildman–Crippen MR) is 77.2 cm³/mol. The third-order valence-corrected chi connectivity index (χ3v) is 4.85. The molecule has 1 nitrogen and oxygen atoms in total. The molecule has 0 spiro atoms. The summed E-state index contributed by atoms with van der Waals surface area (Å²) in [6.07, 6.45) is 11.6. The first-order valence-corrected chi connectivity index (χ1v) is 8.07. The standard InChI is InChI=1S/C16H34N/c1-4-6-7-8-9-10-13-17(5-2)14-11-16(3)12-15-17/h16H,4-15H2,1-3H3/q+1. The van der Waals surface area contributed by atoms with Crippen LogP contribution in [-0.2, 0) is 0 Å². The Morgan fingerprint density at radius 2 is 1.47 bits per heavy atom. The van der Waals surface area contributed by atoms with Crippen LogP contribution < -0.4 is 0 Å². The van der Waals surface area contributed by atoms with Crippen molar-refractivity contribution in [2.45, 2.75) is 72.1 Å². The van der Waals surface area contributed by atoms with E-state index in [0.717, 1.165) is 5.92 Å². The molecule has 102 valence electrons. The number of hydrogen-bond acceptors (Lipinski definition) is 0. The van der Waals surface area contributed by atoms with Gasteiger partial charge in [0.15, 0.2) is 0 Å². The van der Waals surface area contributed by atoms with E-state index in [9.17, 15) is 0 Å². The average molecular weight is 240 g/mol. The molecular weight excluding hydrogens is 206 g/mol. The van der Waals surface area contributed by atoms with Crippen LogP contribution in [0, 0.1) is 5.92 Å². The smallest absolute Gasteiger partial charge is 0.0789 e. The van der Waals surface area contributed by atoms with Crippen LogP contribution in [0.3, 0.4) is 0 Å². The molecule has 0 atom stereocenters. The van der Waals surface area contributed by atoms with E-state index < -0.39 is 0 Å². The van der Waals surface area contributed by atoms with E-state index in [1.807, 2.05) is 0 Å². The molecule has 0 bridgehead atoms. The molecule has 0 aromatic rings. The third kappa shape index (κ3) is 5.42. The summed E-state index contributed by atoms with van der Waals surface area (Å²) in [4.78, 5) is 0. The largest absolute Gasteiger partial charge is 0.324 e. The number of piperidine rings is 1. The molecule has 1 aliphatic heterocycles. The highest BCUT2D eigenvalue weighted by Crippen LogP contribution is 2.24. The second-order valence-corrected chi connectivity index (χ2v) is 6.28. The maximum Gasteiger partial charge on any atom is 0.0789 e. The zero-order valence-electron chi connectivity index (χ0n) is 12.5. The van der Waals surface area contributed by atoms with Gasteiger partial charge in [-0.1, -0.05) is 39.5 Å². The summed E-state index contributed by atoms with van der Waals surface area (Å²) < 4.78 is 1.43. The number of quaternary nitrogens is 1. The highest BCUT2D eigenvalue weighted by Gasteiger charge is 2.29. The van der Waals surface area contributed by atoms with Crippen molar-refractivity contribution in [3.63, 3.8) is 0 Å². The quantitative estimate of drug-likeness (QED) is 0.429. The molecule has 1 saturated heterocycles. The SMILES string of the molecule is CCCCCCCC[N+]1(CC)CCC(C)CC1. The molecule has 0 saturated carbocycles. The van der Waals surface area contributed by atoms with E-state index in [1.165, 1.54) is 82.0 Å². The van der Waals surface area contributed by atoms with Gasteiger partial charge in [-0.2, -0.15) is 0 Å². The number of nitrogens with zero attached hydrogens (tertiary/aromatic N) is 1. The minimum atomic E-state index is 0.984. The average Bonchev–Trinajstić information content (AvgIpc) is 2.36. The molecule has 0 unspecified atom stereocenters. The van der Waals surface area contributed by atoms with Crippen molar-refractivity contribution < 1.29 is 4.48 Å². The molecule has 0 aromatic heterocycles. The molecule has 0 radical (unpaired) electrons.